The fourth-order valence-electron chi connectivity index (χ4n) is 1.95. The quantitative estimate of drug-likeness (QED) is 0.345. The molecule has 0 aliphatic heterocycles. The molecule has 0 amide bonds. The van der Waals surface area contributed by atoms with Crippen LogP contribution in [0.1, 0.15) is 11.4 Å². The number of rotatable bonds is 5. The van der Waals surface area contributed by atoms with Gasteiger partial charge in [-0.05, 0) is 19.1 Å². The number of hydrogen-bond donors (Lipinski definition) is 2. The van der Waals surface area contributed by atoms with Gasteiger partial charge in [0.05, 0.1) is 18.8 Å². The largest absolute Gasteiger partial charge is 0.383 e. The molecule has 2 aromatic heterocycles. The summed E-state index contributed by atoms with van der Waals surface area (Å²) in [6.07, 6.45) is 2.04. The van der Waals surface area contributed by atoms with E-state index in [1.54, 1.807) is 14.2 Å². The van der Waals surface area contributed by atoms with E-state index in [-0.39, 0.29) is 24.0 Å². The van der Waals surface area contributed by atoms with Crippen molar-refractivity contribution in [3.8, 4) is 0 Å². The standard InChI is InChI=1S/C14H21N5O.HI/c1-11-5-4-6-13-18-12(10-19(11)13)9-17-14(15-2)16-7-8-20-3;/h4-6,10H,7-9H2,1-3H3,(H2,15,16,17);1H. The highest BCUT2D eigenvalue weighted by Crippen LogP contribution is 2.07. The number of aromatic nitrogens is 2. The first-order valence-corrected chi connectivity index (χ1v) is 6.61. The van der Waals surface area contributed by atoms with Crippen LogP contribution in [0.25, 0.3) is 5.65 Å². The number of imidazole rings is 1. The molecule has 0 unspecified atom stereocenters. The van der Waals surface area contributed by atoms with E-state index in [0.29, 0.717) is 13.2 Å². The summed E-state index contributed by atoms with van der Waals surface area (Å²) in [5.41, 5.74) is 3.11. The Hall–Kier alpha value is -1.35. The topological polar surface area (TPSA) is 63.0 Å². The maximum absolute atomic E-state index is 4.99. The number of nitrogens with zero attached hydrogens (tertiary/aromatic N) is 3. The van der Waals surface area contributed by atoms with Crippen LogP contribution in [0.5, 0.6) is 0 Å². The van der Waals surface area contributed by atoms with Crippen molar-refractivity contribution in [2.24, 2.45) is 4.99 Å². The molecule has 7 heteroatoms. The predicted octanol–water partition coefficient (Wildman–Crippen LogP) is 1.57. The number of aryl methyl sites for hydroxylation is 1. The zero-order valence-electron chi connectivity index (χ0n) is 12.6. The maximum Gasteiger partial charge on any atom is 0.191 e. The highest BCUT2D eigenvalue weighted by Gasteiger charge is 2.04. The molecular weight excluding hydrogens is 381 g/mol. The van der Waals surface area contributed by atoms with Gasteiger partial charge in [-0.15, -0.1) is 24.0 Å². The molecule has 2 heterocycles. The molecule has 0 saturated carbocycles. The molecule has 2 N–H and O–H groups in total. The van der Waals surface area contributed by atoms with Gasteiger partial charge >= 0.3 is 0 Å². The van der Waals surface area contributed by atoms with E-state index < -0.39 is 0 Å². The van der Waals surface area contributed by atoms with Gasteiger partial charge in [0.2, 0.25) is 0 Å². The zero-order chi connectivity index (χ0) is 14.4. The Kier molecular flexibility index (Phi) is 7.44. The van der Waals surface area contributed by atoms with Crippen LogP contribution in [0.2, 0.25) is 0 Å². The number of guanidine groups is 1. The Morgan fingerprint density at radius 1 is 1.38 bits per heavy atom. The minimum absolute atomic E-state index is 0. The molecule has 0 bridgehead atoms. The Morgan fingerprint density at radius 2 is 2.19 bits per heavy atom. The maximum atomic E-state index is 4.99. The summed E-state index contributed by atoms with van der Waals surface area (Å²) < 4.78 is 7.07. The minimum Gasteiger partial charge on any atom is -0.383 e. The lowest BCUT2D eigenvalue weighted by Gasteiger charge is -2.10. The average molecular weight is 403 g/mol. The molecule has 21 heavy (non-hydrogen) atoms. The zero-order valence-corrected chi connectivity index (χ0v) is 14.9. The lowest BCUT2D eigenvalue weighted by Crippen LogP contribution is -2.38. The third-order valence-corrected chi connectivity index (χ3v) is 3.01. The number of nitrogens with one attached hydrogen (secondary N) is 2. The van der Waals surface area contributed by atoms with Crippen LogP contribution in [-0.4, -0.2) is 42.7 Å². The fourth-order valence-corrected chi connectivity index (χ4v) is 1.95. The van der Waals surface area contributed by atoms with Crippen LogP contribution in [0.3, 0.4) is 0 Å². The van der Waals surface area contributed by atoms with Crippen molar-refractivity contribution >= 4 is 35.6 Å². The second kappa shape index (κ2) is 8.83. The smallest absolute Gasteiger partial charge is 0.191 e. The summed E-state index contributed by atoms with van der Waals surface area (Å²) in [6, 6.07) is 6.08. The Labute approximate surface area is 142 Å². The second-order valence-corrected chi connectivity index (χ2v) is 4.47. The fraction of sp³-hybridized carbons (Fsp3) is 0.429. The first-order chi connectivity index (χ1) is 9.74. The molecule has 0 aliphatic carbocycles. The lowest BCUT2D eigenvalue weighted by atomic mass is 10.4. The first-order valence-electron chi connectivity index (χ1n) is 6.61. The number of fused-ring (bicyclic) bond motifs is 1. The highest BCUT2D eigenvalue weighted by molar-refractivity contribution is 14.0. The number of methoxy groups -OCH3 is 1. The van der Waals surface area contributed by atoms with Gasteiger partial charge in [0.15, 0.2) is 5.96 Å². The Bertz CT molecular complexity index is 596. The van der Waals surface area contributed by atoms with Crippen molar-refractivity contribution < 1.29 is 4.74 Å². The van der Waals surface area contributed by atoms with Gasteiger partial charge in [-0.2, -0.15) is 0 Å². The molecule has 0 aliphatic rings. The van der Waals surface area contributed by atoms with Gasteiger partial charge in [-0.25, -0.2) is 4.98 Å². The second-order valence-electron chi connectivity index (χ2n) is 4.47. The van der Waals surface area contributed by atoms with Gasteiger partial charge in [-0.3, -0.25) is 4.99 Å². The lowest BCUT2D eigenvalue weighted by molar-refractivity contribution is 0.203. The summed E-state index contributed by atoms with van der Waals surface area (Å²) in [5.74, 6) is 0.746. The van der Waals surface area contributed by atoms with E-state index in [1.807, 2.05) is 18.3 Å². The number of ether oxygens (including phenoxy) is 1. The molecule has 0 aromatic carbocycles. The number of halogens is 1. The van der Waals surface area contributed by atoms with Crippen molar-refractivity contribution in [2.45, 2.75) is 13.5 Å². The average Bonchev–Trinajstić information content (AvgIpc) is 2.87. The van der Waals surface area contributed by atoms with E-state index in [4.69, 9.17) is 4.74 Å². The molecule has 0 atom stereocenters. The van der Waals surface area contributed by atoms with Crippen molar-refractivity contribution in [3.05, 3.63) is 35.8 Å². The first kappa shape index (κ1) is 17.7. The van der Waals surface area contributed by atoms with Crippen LogP contribution in [-0.2, 0) is 11.3 Å². The Morgan fingerprint density at radius 3 is 2.86 bits per heavy atom. The molecule has 2 aromatic rings. The Balaban J connectivity index is 0.00000220. The summed E-state index contributed by atoms with van der Waals surface area (Å²) in [4.78, 5) is 8.72. The molecule has 0 saturated heterocycles. The van der Waals surface area contributed by atoms with E-state index in [9.17, 15) is 0 Å². The normalized spacial score (nSPS) is 11.3. The van der Waals surface area contributed by atoms with E-state index in [2.05, 4.69) is 38.0 Å². The molecule has 0 radical (unpaired) electrons. The van der Waals surface area contributed by atoms with Gasteiger partial charge in [0, 0.05) is 32.6 Å². The molecule has 6 nitrogen and oxygen atoms in total. The van der Waals surface area contributed by atoms with Gasteiger partial charge in [-0.1, -0.05) is 6.07 Å². The number of aliphatic imine (C=N–C) groups is 1. The third-order valence-electron chi connectivity index (χ3n) is 3.01. The molecule has 116 valence electrons. The molecular formula is C14H22IN5O. The summed E-state index contributed by atoms with van der Waals surface area (Å²) >= 11 is 0. The molecule has 0 spiro atoms. The van der Waals surface area contributed by atoms with Crippen molar-refractivity contribution in [2.75, 3.05) is 27.3 Å². The van der Waals surface area contributed by atoms with Crippen LogP contribution >= 0.6 is 24.0 Å². The minimum atomic E-state index is 0. The van der Waals surface area contributed by atoms with Crippen molar-refractivity contribution in [1.29, 1.82) is 0 Å². The monoisotopic (exact) mass is 403 g/mol. The van der Waals surface area contributed by atoms with Crippen molar-refractivity contribution in [1.82, 2.24) is 20.0 Å². The highest BCUT2D eigenvalue weighted by atomic mass is 127. The third kappa shape index (κ3) is 4.85. The van der Waals surface area contributed by atoms with E-state index in [0.717, 1.165) is 23.8 Å². The van der Waals surface area contributed by atoms with Crippen LogP contribution in [0.4, 0.5) is 0 Å². The summed E-state index contributed by atoms with van der Waals surface area (Å²) in [6.45, 7) is 4.07. The van der Waals surface area contributed by atoms with Gasteiger partial charge < -0.3 is 19.8 Å². The van der Waals surface area contributed by atoms with E-state index in [1.165, 1.54) is 5.69 Å². The number of hydrogen-bond acceptors (Lipinski definition) is 3. The molecule has 2 rings (SSSR count). The summed E-state index contributed by atoms with van der Waals surface area (Å²) in [5, 5.41) is 6.40. The predicted molar refractivity (Wildman–Crippen MR) is 95.4 cm³/mol. The van der Waals surface area contributed by atoms with Crippen LogP contribution in [0, 0.1) is 6.92 Å². The number of pyridine rings is 1. The van der Waals surface area contributed by atoms with E-state index >= 15 is 0 Å². The van der Waals surface area contributed by atoms with Crippen molar-refractivity contribution in [3.63, 3.8) is 0 Å². The SMILES string of the molecule is CN=C(NCCOC)NCc1cn2c(C)cccc2n1.I. The van der Waals surface area contributed by atoms with Gasteiger partial charge in [0.25, 0.3) is 0 Å². The van der Waals surface area contributed by atoms with Crippen LogP contribution < -0.4 is 10.6 Å². The van der Waals surface area contributed by atoms with Crippen LogP contribution in [0.15, 0.2) is 29.4 Å². The van der Waals surface area contributed by atoms with Gasteiger partial charge in [0.1, 0.15) is 5.65 Å². The molecule has 0 fully saturated rings. The summed E-state index contributed by atoms with van der Waals surface area (Å²) in [7, 11) is 3.42.